The standard InChI is InChI=1S/C18H29NO/c1-12(2)14-9-8-13(3)11-16(14)20-15-7-6-10-18(4,5)17(15)19/h8-9,11-12,15,17H,6-7,10,19H2,1-5H3. The molecule has 2 nitrogen and oxygen atoms in total. The lowest BCUT2D eigenvalue weighted by atomic mass is 9.72. The molecule has 112 valence electrons. The molecule has 1 saturated carbocycles. The molecule has 2 atom stereocenters. The van der Waals surface area contributed by atoms with Gasteiger partial charge in [0.2, 0.25) is 0 Å². The minimum absolute atomic E-state index is 0.108. The van der Waals surface area contributed by atoms with Crippen molar-refractivity contribution in [2.24, 2.45) is 11.1 Å². The Labute approximate surface area is 123 Å². The van der Waals surface area contributed by atoms with Gasteiger partial charge in [0.05, 0.1) is 0 Å². The summed E-state index contributed by atoms with van der Waals surface area (Å²) >= 11 is 0. The van der Waals surface area contributed by atoms with Crippen molar-refractivity contribution >= 4 is 0 Å². The summed E-state index contributed by atoms with van der Waals surface area (Å²) in [4.78, 5) is 0. The largest absolute Gasteiger partial charge is 0.488 e. The van der Waals surface area contributed by atoms with Gasteiger partial charge < -0.3 is 10.5 Å². The van der Waals surface area contributed by atoms with E-state index in [0.29, 0.717) is 5.92 Å². The molecule has 1 aromatic carbocycles. The average molecular weight is 275 g/mol. The molecule has 0 amide bonds. The molecule has 0 heterocycles. The molecule has 0 saturated heterocycles. The highest BCUT2D eigenvalue weighted by Crippen LogP contribution is 2.37. The summed E-state index contributed by atoms with van der Waals surface area (Å²) in [6.07, 6.45) is 3.60. The third-order valence-electron chi connectivity index (χ3n) is 4.68. The first-order valence-electron chi connectivity index (χ1n) is 7.84. The third-order valence-corrected chi connectivity index (χ3v) is 4.68. The molecule has 0 aliphatic heterocycles. The number of benzene rings is 1. The van der Waals surface area contributed by atoms with Crippen LogP contribution < -0.4 is 10.5 Å². The summed E-state index contributed by atoms with van der Waals surface area (Å²) in [5.41, 5.74) is 9.14. The van der Waals surface area contributed by atoms with Crippen LogP contribution in [0.4, 0.5) is 0 Å². The fourth-order valence-corrected chi connectivity index (χ4v) is 3.12. The van der Waals surface area contributed by atoms with Crippen molar-refractivity contribution in [1.82, 2.24) is 0 Å². The van der Waals surface area contributed by atoms with Crippen LogP contribution in [0.3, 0.4) is 0 Å². The van der Waals surface area contributed by atoms with E-state index in [1.165, 1.54) is 24.0 Å². The fourth-order valence-electron chi connectivity index (χ4n) is 3.12. The van der Waals surface area contributed by atoms with Crippen LogP contribution >= 0.6 is 0 Å². The molecule has 2 N–H and O–H groups in total. The molecule has 0 spiro atoms. The van der Waals surface area contributed by atoms with Crippen molar-refractivity contribution in [2.75, 3.05) is 0 Å². The second-order valence-corrected chi connectivity index (χ2v) is 7.26. The number of ether oxygens (including phenoxy) is 1. The number of aryl methyl sites for hydroxylation is 1. The maximum atomic E-state index is 6.44. The van der Waals surface area contributed by atoms with E-state index < -0.39 is 0 Å². The number of nitrogens with two attached hydrogens (primary N) is 1. The normalized spacial score (nSPS) is 25.8. The van der Waals surface area contributed by atoms with E-state index in [4.69, 9.17) is 10.5 Å². The molecule has 1 aromatic rings. The highest BCUT2D eigenvalue weighted by molar-refractivity contribution is 5.39. The van der Waals surface area contributed by atoms with Crippen LogP contribution in [-0.4, -0.2) is 12.1 Å². The van der Waals surface area contributed by atoms with Crippen LogP contribution in [-0.2, 0) is 0 Å². The van der Waals surface area contributed by atoms with Crippen molar-refractivity contribution in [1.29, 1.82) is 0 Å². The smallest absolute Gasteiger partial charge is 0.123 e. The number of rotatable bonds is 3. The second kappa shape index (κ2) is 5.77. The first kappa shape index (κ1) is 15.4. The lowest BCUT2D eigenvalue weighted by molar-refractivity contribution is 0.0559. The summed E-state index contributed by atoms with van der Waals surface area (Å²) in [7, 11) is 0. The molecule has 20 heavy (non-hydrogen) atoms. The van der Waals surface area contributed by atoms with E-state index in [0.717, 1.165) is 12.2 Å². The summed E-state index contributed by atoms with van der Waals surface area (Å²) in [6.45, 7) is 11.0. The van der Waals surface area contributed by atoms with Gasteiger partial charge in [0.25, 0.3) is 0 Å². The molecule has 0 aromatic heterocycles. The first-order valence-corrected chi connectivity index (χ1v) is 7.84. The molecule has 1 aliphatic rings. The Morgan fingerprint density at radius 1 is 1.30 bits per heavy atom. The predicted molar refractivity (Wildman–Crippen MR) is 85.3 cm³/mol. The van der Waals surface area contributed by atoms with Gasteiger partial charge in [-0.2, -0.15) is 0 Å². The zero-order chi connectivity index (χ0) is 14.9. The highest BCUT2D eigenvalue weighted by atomic mass is 16.5. The molecule has 0 bridgehead atoms. The Morgan fingerprint density at radius 2 is 2.00 bits per heavy atom. The molecule has 2 rings (SSSR count). The highest BCUT2D eigenvalue weighted by Gasteiger charge is 2.38. The van der Waals surface area contributed by atoms with Crippen LogP contribution in [0.1, 0.15) is 64.0 Å². The van der Waals surface area contributed by atoms with E-state index in [9.17, 15) is 0 Å². The number of hydrogen-bond acceptors (Lipinski definition) is 2. The minimum Gasteiger partial charge on any atom is -0.488 e. The number of hydrogen-bond donors (Lipinski definition) is 1. The quantitative estimate of drug-likeness (QED) is 0.887. The zero-order valence-electron chi connectivity index (χ0n) is 13.6. The second-order valence-electron chi connectivity index (χ2n) is 7.26. The van der Waals surface area contributed by atoms with Crippen LogP contribution in [0.5, 0.6) is 5.75 Å². The molecule has 1 aliphatic carbocycles. The van der Waals surface area contributed by atoms with Crippen molar-refractivity contribution in [3.63, 3.8) is 0 Å². The third kappa shape index (κ3) is 3.17. The topological polar surface area (TPSA) is 35.2 Å². The molecular formula is C18H29NO. The van der Waals surface area contributed by atoms with Gasteiger partial charge >= 0.3 is 0 Å². The Bertz CT molecular complexity index is 464. The maximum absolute atomic E-state index is 6.44. The van der Waals surface area contributed by atoms with Gasteiger partial charge in [-0.15, -0.1) is 0 Å². The summed E-state index contributed by atoms with van der Waals surface area (Å²) in [5.74, 6) is 1.50. The summed E-state index contributed by atoms with van der Waals surface area (Å²) in [5, 5.41) is 0. The van der Waals surface area contributed by atoms with Gasteiger partial charge in [-0.1, -0.05) is 39.8 Å². The van der Waals surface area contributed by atoms with E-state index in [1.807, 2.05) is 0 Å². The van der Waals surface area contributed by atoms with Crippen molar-refractivity contribution in [3.05, 3.63) is 29.3 Å². The van der Waals surface area contributed by atoms with Crippen molar-refractivity contribution < 1.29 is 4.74 Å². The van der Waals surface area contributed by atoms with Crippen LogP contribution in [0.2, 0.25) is 0 Å². The fraction of sp³-hybridized carbons (Fsp3) is 0.667. The monoisotopic (exact) mass is 275 g/mol. The Morgan fingerprint density at radius 3 is 2.65 bits per heavy atom. The Kier molecular flexibility index (Phi) is 4.43. The molecule has 0 radical (unpaired) electrons. The Balaban J connectivity index is 2.23. The lowest BCUT2D eigenvalue weighted by Gasteiger charge is -2.41. The summed E-state index contributed by atoms with van der Waals surface area (Å²) in [6, 6.07) is 6.61. The van der Waals surface area contributed by atoms with Gasteiger partial charge in [0, 0.05) is 6.04 Å². The molecule has 2 heteroatoms. The molecule has 1 fully saturated rings. The van der Waals surface area contributed by atoms with Crippen LogP contribution in [0.15, 0.2) is 18.2 Å². The van der Waals surface area contributed by atoms with Crippen LogP contribution in [0, 0.1) is 12.3 Å². The van der Waals surface area contributed by atoms with E-state index in [1.54, 1.807) is 0 Å². The maximum Gasteiger partial charge on any atom is 0.123 e. The first-order chi connectivity index (χ1) is 9.31. The van der Waals surface area contributed by atoms with Crippen molar-refractivity contribution in [2.45, 2.75) is 71.9 Å². The average Bonchev–Trinajstić information content (AvgIpc) is 2.34. The van der Waals surface area contributed by atoms with Crippen LogP contribution in [0.25, 0.3) is 0 Å². The van der Waals surface area contributed by atoms with E-state index in [-0.39, 0.29) is 17.6 Å². The SMILES string of the molecule is Cc1ccc(C(C)C)c(OC2CCCC(C)(C)C2N)c1. The predicted octanol–water partition coefficient (Wildman–Crippen LogP) is 4.40. The molecular weight excluding hydrogens is 246 g/mol. The lowest BCUT2D eigenvalue weighted by Crippen LogP contribution is -2.52. The van der Waals surface area contributed by atoms with Gasteiger partial charge in [-0.25, -0.2) is 0 Å². The minimum atomic E-state index is 0.108. The van der Waals surface area contributed by atoms with Gasteiger partial charge in [0.1, 0.15) is 11.9 Å². The van der Waals surface area contributed by atoms with Gasteiger partial charge in [-0.3, -0.25) is 0 Å². The van der Waals surface area contributed by atoms with Gasteiger partial charge in [0.15, 0.2) is 0 Å². The van der Waals surface area contributed by atoms with Gasteiger partial charge in [-0.05, 0) is 54.7 Å². The zero-order valence-corrected chi connectivity index (χ0v) is 13.6. The van der Waals surface area contributed by atoms with E-state index >= 15 is 0 Å². The van der Waals surface area contributed by atoms with E-state index in [2.05, 4.69) is 52.8 Å². The summed E-state index contributed by atoms with van der Waals surface area (Å²) < 4.78 is 6.35. The molecule has 2 unspecified atom stereocenters. The Hall–Kier alpha value is -1.02. The van der Waals surface area contributed by atoms with Crippen molar-refractivity contribution in [3.8, 4) is 5.75 Å².